The van der Waals surface area contributed by atoms with Gasteiger partial charge in [-0.1, -0.05) is 12.5 Å². The second-order valence-corrected chi connectivity index (χ2v) is 6.16. The van der Waals surface area contributed by atoms with Gasteiger partial charge in [-0.2, -0.15) is 11.8 Å². The van der Waals surface area contributed by atoms with Gasteiger partial charge in [0.05, 0.1) is 12.7 Å². The first kappa shape index (κ1) is 11.4. The number of ether oxygens (including phenoxy) is 1. The van der Waals surface area contributed by atoms with Crippen LogP contribution in [-0.4, -0.2) is 22.7 Å². The molecule has 17 heavy (non-hydrogen) atoms. The van der Waals surface area contributed by atoms with Crippen LogP contribution >= 0.6 is 11.8 Å². The smallest absolute Gasteiger partial charge is 0.122 e. The summed E-state index contributed by atoms with van der Waals surface area (Å²) in [6, 6.07) is 6.15. The van der Waals surface area contributed by atoms with Gasteiger partial charge in [-0.25, -0.2) is 0 Å². The van der Waals surface area contributed by atoms with Crippen molar-refractivity contribution in [2.75, 3.05) is 12.4 Å². The summed E-state index contributed by atoms with van der Waals surface area (Å²) in [6.45, 7) is 0.785. The highest BCUT2D eigenvalue weighted by Crippen LogP contribution is 2.36. The maximum Gasteiger partial charge on any atom is 0.122 e. The van der Waals surface area contributed by atoms with Gasteiger partial charge in [-0.15, -0.1) is 0 Å². The van der Waals surface area contributed by atoms with Crippen molar-refractivity contribution in [3.05, 3.63) is 29.3 Å². The number of aliphatic hydroxyl groups is 1. The topological polar surface area (TPSA) is 29.5 Å². The Bertz CT molecular complexity index is 399. The SMILES string of the molecule is OC(c1ccc2c(c1)CCO2)C1CCCCS1. The Balaban J connectivity index is 1.78. The molecule has 1 aromatic carbocycles. The molecule has 92 valence electrons. The minimum atomic E-state index is -0.314. The van der Waals surface area contributed by atoms with Crippen molar-refractivity contribution in [3.63, 3.8) is 0 Å². The largest absolute Gasteiger partial charge is 0.493 e. The van der Waals surface area contributed by atoms with Gasteiger partial charge in [-0.3, -0.25) is 0 Å². The number of thioether (sulfide) groups is 1. The maximum atomic E-state index is 10.4. The van der Waals surface area contributed by atoms with Crippen molar-refractivity contribution in [1.29, 1.82) is 0 Å². The molecule has 0 amide bonds. The van der Waals surface area contributed by atoms with E-state index in [1.165, 1.54) is 24.2 Å². The molecule has 0 aromatic heterocycles. The lowest BCUT2D eigenvalue weighted by Gasteiger charge is -2.26. The Kier molecular flexibility index (Phi) is 3.30. The van der Waals surface area contributed by atoms with Crippen LogP contribution < -0.4 is 4.74 Å². The molecule has 1 saturated heterocycles. The van der Waals surface area contributed by atoms with Crippen LogP contribution in [0.1, 0.15) is 36.5 Å². The molecule has 2 heterocycles. The second kappa shape index (κ2) is 4.91. The predicted molar refractivity (Wildman–Crippen MR) is 70.7 cm³/mol. The number of fused-ring (bicyclic) bond motifs is 1. The van der Waals surface area contributed by atoms with E-state index in [0.29, 0.717) is 5.25 Å². The molecule has 3 heteroatoms. The van der Waals surface area contributed by atoms with Crippen LogP contribution in [0.2, 0.25) is 0 Å². The van der Waals surface area contributed by atoms with Gasteiger partial charge in [0.15, 0.2) is 0 Å². The molecule has 2 nitrogen and oxygen atoms in total. The number of aliphatic hydroxyl groups excluding tert-OH is 1. The first-order valence-corrected chi connectivity index (χ1v) is 7.45. The van der Waals surface area contributed by atoms with E-state index in [0.717, 1.165) is 30.8 Å². The molecule has 2 aliphatic rings. The lowest BCUT2D eigenvalue weighted by atomic mass is 9.99. The molecule has 1 aromatic rings. The summed E-state index contributed by atoms with van der Waals surface area (Å²) >= 11 is 1.92. The molecule has 0 saturated carbocycles. The fraction of sp³-hybridized carbons (Fsp3) is 0.571. The standard InChI is InChI=1S/C14H18O2S/c15-14(13-3-1-2-8-17-13)11-4-5-12-10(9-11)6-7-16-12/h4-5,9,13-15H,1-3,6-8H2. The van der Waals surface area contributed by atoms with E-state index in [4.69, 9.17) is 4.74 Å². The fourth-order valence-corrected chi connectivity index (χ4v) is 3.97. The quantitative estimate of drug-likeness (QED) is 0.875. The van der Waals surface area contributed by atoms with E-state index in [1.54, 1.807) is 0 Å². The molecular formula is C14H18O2S. The van der Waals surface area contributed by atoms with Crippen molar-refractivity contribution in [1.82, 2.24) is 0 Å². The van der Waals surface area contributed by atoms with Crippen molar-refractivity contribution in [2.45, 2.75) is 37.0 Å². The van der Waals surface area contributed by atoms with E-state index in [1.807, 2.05) is 23.9 Å². The molecular weight excluding hydrogens is 232 g/mol. The van der Waals surface area contributed by atoms with Crippen LogP contribution in [0.3, 0.4) is 0 Å². The zero-order chi connectivity index (χ0) is 11.7. The normalized spacial score (nSPS) is 25.1. The first-order valence-electron chi connectivity index (χ1n) is 6.40. The van der Waals surface area contributed by atoms with Crippen molar-refractivity contribution >= 4 is 11.8 Å². The molecule has 1 N–H and O–H groups in total. The third kappa shape index (κ3) is 2.31. The second-order valence-electron chi connectivity index (χ2n) is 4.82. The minimum Gasteiger partial charge on any atom is -0.493 e. The highest BCUT2D eigenvalue weighted by atomic mass is 32.2. The average Bonchev–Trinajstić information content (AvgIpc) is 2.86. The van der Waals surface area contributed by atoms with Crippen LogP contribution in [0.25, 0.3) is 0 Å². The van der Waals surface area contributed by atoms with Crippen LogP contribution in [0.5, 0.6) is 5.75 Å². The monoisotopic (exact) mass is 250 g/mol. The zero-order valence-electron chi connectivity index (χ0n) is 9.89. The Morgan fingerprint density at radius 3 is 3.12 bits per heavy atom. The van der Waals surface area contributed by atoms with Crippen LogP contribution in [-0.2, 0) is 6.42 Å². The summed E-state index contributed by atoms with van der Waals surface area (Å²) in [5.41, 5.74) is 2.32. The summed E-state index contributed by atoms with van der Waals surface area (Å²) < 4.78 is 5.49. The highest BCUT2D eigenvalue weighted by Gasteiger charge is 2.24. The molecule has 0 spiro atoms. The molecule has 2 aliphatic heterocycles. The van der Waals surface area contributed by atoms with Crippen molar-refractivity contribution in [2.24, 2.45) is 0 Å². The van der Waals surface area contributed by atoms with E-state index in [9.17, 15) is 5.11 Å². The van der Waals surface area contributed by atoms with E-state index < -0.39 is 0 Å². The van der Waals surface area contributed by atoms with Gasteiger partial charge in [0.1, 0.15) is 5.75 Å². The van der Waals surface area contributed by atoms with Gasteiger partial charge in [-0.05, 0) is 41.9 Å². The number of hydrogen-bond donors (Lipinski definition) is 1. The van der Waals surface area contributed by atoms with Crippen molar-refractivity contribution < 1.29 is 9.84 Å². The first-order chi connectivity index (χ1) is 8.34. The molecule has 0 radical (unpaired) electrons. The molecule has 2 unspecified atom stereocenters. The van der Waals surface area contributed by atoms with Gasteiger partial charge >= 0.3 is 0 Å². The summed E-state index contributed by atoms with van der Waals surface area (Å²) in [7, 11) is 0. The summed E-state index contributed by atoms with van der Waals surface area (Å²) in [5.74, 6) is 2.19. The summed E-state index contributed by atoms with van der Waals surface area (Å²) in [6.07, 6.45) is 4.35. The molecule has 2 atom stereocenters. The van der Waals surface area contributed by atoms with Crippen LogP contribution in [0, 0.1) is 0 Å². The highest BCUT2D eigenvalue weighted by molar-refractivity contribution is 7.99. The van der Waals surface area contributed by atoms with Crippen LogP contribution in [0.15, 0.2) is 18.2 Å². The molecule has 3 rings (SSSR count). The molecule has 1 fully saturated rings. The van der Waals surface area contributed by atoms with Gasteiger partial charge < -0.3 is 9.84 Å². The molecule has 0 aliphatic carbocycles. The third-order valence-electron chi connectivity index (χ3n) is 3.62. The van der Waals surface area contributed by atoms with E-state index >= 15 is 0 Å². The third-order valence-corrected chi connectivity index (χ3v) is 5.07. The predicted octanol–water partition coefficient (Wildman–Crippen LogP) is 2.94. The minimum absolute atomic E-state index is 0.314. The summed E-state index contributed by atoms with van der Waals surface area (Å²) in [5, 5.41) is 10.8. The lowest BCUT2D eigenvalue weighted by molar-refractivity contribution is 0.168. The Hall–Kier alpha value is -0.670. The lowest BCUT2D eigenvalue weighted by Crippen LogP contribution is -2.19. The number of benzene rings is 1. The van der Waals surface area contributed by atoms with Gasteiger partial charge in [0, 0.05) is 11.7 Å². The van der Waals surface area contributed by atoms with Gasteiger partial charge in [0.25, 0.3) is 0 Å². The van der Waals surface area contributed by atoms with Crippen molar-refractivity contribution in [3.8, 4) is 5.75 Å². The van der Waals surface area contributed by atoms with Gasteiger partial charge in [0.2, 0.25) is 0 Å². The fourth-order valence-electron chi connectivity index (χ4n) is 2.62. The maximum absolute atomic E-state index is 10.4. The number of rotatable bonds is 2. The Labute approximate surface area is 106 Å². The van der Waals surface area contributed by atoms with E-state index in [2.05, 4.69) is 6.07 Å². The summed E-state index contributed by atoms with van der Waals surface area (Å²) in [4.78, 5) is 0. The Morgan fingerprint density at radius 1 is 1.35 bits per heavy atom. The number of hydrogen-bond acceptors (Lipinski definition) is 3. The zero-order valence-corrected chi connectivity index (χ0v) is 10.7. The van der Waals surface area contributed by atoms with E-state index in [-0.39, 0.29) is 6.10 Å². The van der Waals surface area contributed by atoms with Crippen LogP contribution in [0.4, 0.5) is 0 Å². The average molecular weight is 250 g/mol. The molecule has 0 bridgehead atoms. The Morgan fingerprint density at radius 2 is 2.29 bits per heavy atom.